The Hall–Kier alpha value is -1.77. The Labute approximate surface area is 95.3 Å². The van der Waals surface area contributed by atoms with Gasteiger partial charge in [-0.05, 0) is 12.2 Å². The van der Waals surface area contributed by atoms with Crippen LogP contribution in [0.2, 0.25) is 0 Å². The van der Waals surface area contributed by atoms with Gasteiger partial charge in [0.15, 0.2) is 0 Å². The van der Waals surface area contributed by atoms with Crippen molar-refractivity contribution in [3.63, 3.8) is 0 Å². The number of hydrogen-bond donors (Lipinski definition) is 1. The van der Waals surface area contributed by atoms with Gasteiger partial charge < -0.3 is 9.47 Å². The molecule has 0 aromatic heterocycles. The lowest BCUT2D eigenvalue weighted by Gasteiger charge is -2.20. The molecule has 2 rings (SSSR count). The van der Waals surface area contributed by atoms with Crippen molar-refractivity contribution < 1.29 is 9.47 Å². The van der Waals surface area contributed by atoms with E-state index < -0.39 is 0 Å². The van der Waals surface area contributed by atoms with Crippen molar-refractivity contribution in [3.05, 3.63) is 48.6 Å². The van der Waals surface area contributed by atoms with E-state index in [2.05, 4.69) is 0 Å². The van der Waals surface area contributed by atoms with Crippen LogP contribution in [0.25, 0.3) is 0 Å². The topological polar surface area (TPSA) is 42.3 Å². The number of rotatable bonds is 2. The SMILES string of the molecule is N=C(OC1C=CC=CC1)OC1C=CC=CC1. The average molecular weight is 217 g/mol. The van der Waals surface area contributed by atoms with Crippen LogP contribution >= 0.6 is 0 Å². The molecule has 0 aromatic carbocycles. The Morgan fingerprint density at radius 2 is 1.38 bits per heavy atom. The van der Waals surface area contributed by atoms with E-state index in [1.54, 1.807) is 0 Å². The highest BCUT2D eigenvalue weighted by atomic mass is 16.7. The van der Waals surface area contributed by atoms with Gasteiger partial charge in [-0.1, -0.05) is 36.5 Å². The van der Waals surface area contributed by atoms with Gasteiger partial charge in [0.1, 0.15) is 12.2 Å². The van der Waals surface area contributed by atoms with Crippen molar-refractivity contribution >= 4 is 6.08 Å². The van der Waals surface area contributed by atoms with Gasteiger partial charge in [-0.2, -0.15) is 0 Å². The summed E-state index contributed by atoms with van der Waals surface area (Å²) in [6, 6.07) is 0. The molecule has 3 nitrogen and oxygen atoms in total. The summed E-state index contributed by atoms with van der Waals surface area (Å²) in [5.74, 6) is 0. The van der Waals surface area contributed by atoms with Crippen LogP contribution in [0.4, 0.5) is 0 Å². The highest BCUT2D eigenvalue weighted by molar-refractivity contribution is 5.64. The summed E-state index contributed by atoms with van der Waals surface area (Å²) < 4.78 is 10.7. The van der Waals surface area contributed by atoms with Crippen molar-refractivity contribution in [2.75, 3.05) is 0 Å². The predicted octanol–water partition coefficient (Wildman–Crippen LogP) is 2.72. The van der Waals surface area contributed by atoms with Crippen molar-refractivity contribution in [2.24, 2.45) is 0 Å². The molecule has 3 heteroatoms. The molecule has 16 heavy (non-hydrogen) atoms. The van der Waals surface area contributed by atoms with Gasteiger partial charge in [0.2, 0.25) is 0 Å². The van der Waals surface area contributed by atoms with Crippen LogP contribution in [0.1, 0.15) is 12.8 Å². The second-order valence-electron chi connectivity index (χ2n) is 3.70. The van der Waals surface area contributed by atoms with Gasteiger partial charge in [0, 0.05) is 12.8 Å². The van der Waals surface area contributed by atoms with E-state index in [1.165, 1.54) is 0 Å². The van der Waals surface area contributed by atoms with Crippen LogP contribution < -0.4 is 0 Å². The van der Waals surface area contributed by atoms with Gasteiger partial charge in [0.25, 0.3) is 0 Å². The number of nitrogens with one attached hydrogen (secondary N) is 1. The van der Waals surface area contributed by atoms with E-state index in [-0.39, 0.29) is 18.3 Å². The normalized spacial score (nSPS) is 26.8. The van der Waals surface area contributed by atoms with E-state index in [4.69, 9.17) is 14.9 Å². The maximum absolute atomic E-state index is 7.60. The van der Waals surface area contributed by atoms with Crippen molar-refractivity contribution in [1.29, 1.82) is 5.41 Å². The molecule has 84 valence electrons. The summed E-state index contributed by atoms with van der Waals surface area (Å²) in [5, 5.41) is 7.60. The van der Waals surface area contributed by atoms with Crippen LogP contribution in [-0.4, -0.2) is 18.3 Å². The molecule has 0 heterocycles. The lowest BCUT2D eigenvalue weighted by molar-refractivity contribution is 0.106. The minimum Gasteiger partial charge on any atom is -0.443 e. The fraction of sp³-hybridized carbons (Fsp3) is 0.308. The van der Waals surface area contributed by atoms with E-state index in [9.17, 15) is 0 Å². The summed E-state index contributed by atoms with van der Waals surface area (Å²) in [6.45, 7) is 0. The summed E-state index contributed by atoms with van der Waals surface area (Å²) in [6.07, 6.45) is 17.0. The molecule has 0 radical (unpaired) electrons. The Kier molecular flexibility index (Phi) is 3.59. The summed E-state index contributed by atoms with van der Waals surface area (Å²) in [7, 11) is 0. The molecule has 2 aliphatic rings. The molecular formula is C13H15NO2. The average Bonchev–Trinajstić information content (AvgIpc) is 2.31. The maximum atomic E-state index is 7.60. The second kappa shape index (κ2) is 5.35. The van der Waals surface area contributed by atoms with Gasteiger partial charge in [-0.15, -0.1) is 0 Å². The Morgan fingerprint density at radius 3 is 1.75 bits per heavy atom. The highest BCUT2D eigenvalue weighted by Gasteiger charge is 2.14. The third kappa shape index (κ3) is 3.12. The minimum absolute atomic E-state index is 0.0689. The zero-order valence-corrected chi connectivity index (χ0v) is 9.00. The molecule has 0 aromatic rings. The van der Waals surface area contributed by atoms with Crippen molar-refractivity contribution in [1.82, 2.24) is 0 Å². The minimum atomic E-state index is -0.102. The largest absolute Gasteiger partial charge is 0.443 e. The Morgan fingerprint density at radius 1 is 0.875 bits per heavy atom. The molecule has 2 aliphatic carbocycles. The van der Waals surface area contributed by atoms with Crippen LogP contribution in [0.3, 0.4) is 0 Å². The monoisotopic (exact) mass is 217 g/mol. The molecule has 0 saturated heterocycles. The summed E-state index contributed by atoms with van der Waals surface area (Å²) in [4.78, 5) is 0. The predicted molar refractivity (Wildman–Crippen MR) is 63.3 cm³/mol. The molecule has 0 bridgehead atoms. The van der Waals surface area contributed by atoms with E-state index in [1.807, 2.05) is 48.6 Å². The number of hydrogen-bond acceptors (Lipinski definition) is 3. The molecular weight excluding hydrogens is 202 g/mol. The van der Waals surface area contributed by atoms with Crippen molar-refractivity contribution in [3.8, 4) is 0 Å². The third-order valence-corrected chi connectivity index (χ3v) is 2.40. The first kappa shape index (κ1) is 10.7. The van der Waals surface area contributed by atoms with E-state index in [0.717, 1.165) is 12.8 Å². The van der Waals surface area contributed by atoms with Crippen molar-refractivity contribution in [2.45, 2.75) is 25.0 Å². The number of allylic oxidation sites excluding steroid dienone is 4. The molecule has 0 saturated carbocycles. The van der Waals surface area contributed by atoms with E-state index in [0.29, 0.717) is 0 Å². The standard InChI is InChI=1S/C13H15NO2/c14-13(15-11-7-3-1-4-8-11)16-12-9-5-2-6-10-12/h1-7,9,11-12,14H,8,10H2. The van der Waals surface area contributed by atoms with Gasteiger partial charge >= 0.3 is 6.08 Å². The third-order valence-electron chi connectivity index (χ3n) is 2.40. The van der Waals surface area contributed by atoms with Gasteiger partial charge in [-0.25, -0.2) is 5.41 Å². The first-order valence-corrected chi connectivity index (χ1v) is 5.43. The number of ether oxygens (including phenoxy) is 2. The molecule has 0 amide bonds. The van der Waals surface area contributed by atoms with Crippen LogP contribution in [0, 0.1) is 5.41 Å². The zero-order valence-electron chi connectivity index (χ0n) is 9.00. The smallest absolute Gasteiger partial charge is 0.381 e. The van der Waals surface area contributed by atoms with Crippen LogP contribution in [0.15, 0.2) is 48.6 Å². The van der Waals surface area contributed by atoms with E-state index >= 15 is 0 Å². The zero-order chi connectivity index (χ0) is 11.2. The fourth-order valence-corrected chi connectivity index (χ4v) is 1.59. The molecule has 1 N–H and O–H groups in total. The maximum Gasteiger partial charge on any atom is 0.381 e. The summed E-state index contributed by atoms with van der Waals surface area (Å²) in [5.41, 5.74) is 0. The Balaban J connectivity index is 1.76. The lowest BCUT2D eigenvalue weighted by Crippen LogP contribution is -2.22. The molecule has 0 spiro atoms. The summed E-state index contributed by atoms with van der Waals surface area (Å²) >= 11 is 0. The second-order valence-corrected chi connectivity index (χ2v) is 3.70. The molecule has 0 aliphatic heterocycles. The highest BCUT2D eigenvalue weighted by Crippen LogP contribution is 2.11. The Bertz CT molecular complexity index is 332. The van der Waals surface area contributed by atoms with Gasteiger partial charge in [0.05, 0.1) is 0 Å². The molecule has 2 atom stereocenters. The van der Waals surface area contributed by atoms with Crippen LogP contribution in [-0.2, 0) is 9.47 Å². The van der Waals surface area contributed by atoms with Crippen LogP contribution in [0.5, 0.6) is 0 Å². The quantitative estimate of drug-likeness (QED) is 0.571. The first-order chi connectivity index (χ1) is 7.84. The fourth-order valence-electron chi connectivity index (χ4n) is 1.59. The molecule has 2 unspecified atom stereocenters. The van der Waals surface area contributed by atoms with Gasteiger partial charge in [-0.3, -0.25) is 0 Å². The lowest BCUT2D eigenvalue weighted by atomic mass is 10.1. The first-order valence-electron chi connectivity index (χ1n) is 5.43. The molecule has 0 fully saturated rings.